The van der Waals surface area contributed by atoms with Gasteiger partial charge in [0.05, 0.1) is 18.6 Å². The zero-order valence-electron chi connectivity index (χ0n) is 12.5. The predicted octanol–water partition coefficient (Wildman–Crippen LogP) is 1.34. The monoisotopic (exact) mass is 309 g/mol. The van der Waals surface area contributed by atoms with E-state index in [2.05, 4.69) is 22.1 Å². The standard InChI is InChI=1S/C15H23N3O2S/c1-9(2)14(16)15(20)17-8-13(19)18-11-4-3-5-12-10(11)6-7-21-12/h6-7,9,11,14H,3-5,8,16H2,1-2H3,(H,17,20)(H,18,19)/t11?,14-/m0/s1. The molecule has 4 N–H and O–H groups in total. The summed E-state index contributed by atoms with van der Waals surface area (Å²) in [4.78, 5) is 25.1. The quantitative estimate of drug-likeness (QED) is 0.767. The van der Waals surface area contributed by atoms with Gasteiger partial charge in [0.2, 0.25) is 11.8 Å². The number of fused-ring (bicyclic) bond motifs is 1. The van der Waals surface area contributed by atoms with E-state index in [1.54, 1.807) is 11.3 Å². The number of rotatable bonds is 5. The van der Waals surface area contributed by atoms with Crippen LogP contribution in [-0.4, -0.2) is 24.4 Å². The van der Waals surface area contributed by atoms with Crippen LogP contribution in [0, 0.1) is 5.92 Å². The highest BCUT2D eigenvalue weighted by Crippen LogP contribution is 2.33. The van der Waals surface area contributed by atoms with Crippen molar-refractivity contribution < 1.29 is 9.59 Å². The molecule has 1 unspecified atom stereocenters. The van der Waals surface area contributed by atoms with Crippen molar-refractivity contribution in [2.45, 2.75) is 45.2 Å². The van der Waals surface area contributed by atoms with E-state index in [9.17, 15) is 9.59 Å². The SMILES string of the molecule is CC(C)[C@H](N)C(=O)NCC(=O)NC1CCCc2sccc21. The fraction of sp³-hybridized carbons (Fsp3) is 0.600. The van der Waals surface area contributed by atoms with Crippen LogP contribution in [0.1, 0.15) is 43.2 Å². The lowest BCUT2D eigenvalue weighted by molar-refractivity contribution is -0.127. The van der Waals surface area contributed by atoms with Gasteiger partial charge < -0.3 is 16.4 Å². The molecule has 1 heterocycles. The van der Waals surface area contributed by atoms with Crippen molar-refractivity contribution in [2.75, 3.05) is 6.54 Å². The Morgan fingerprint density at radius 1 is 1.48 bits per heavy atom. The minimum Gasteiger partial charge on any atom is -0.348 e. The predicted molar refractivity (Wildman–Crippen MR) is 84.0 cm³/mol. The fourth-order valence-corrected chi connectivity index (χ4v) is 3.46. The Bertz CT molecular complexity index is 513. The minimum absolute atomic E-state index is 0.0186. The van der Waals surface area contributed by atoms with Crippen LogP contribution in [0.2, 0.25) is 0 Å². The number of aryl methyl sites for hydroxylation is 1. The van der Waals surface area contributed by atoms with E-state index in [0.29, 0.717) is 0 Å². The summed E-state index contributed by atoms with van der Waals surface area (Å²) in [6.45, 7) is 3.74. The molecule has 116 valence electrons. The third-order valence-corrected chi connectivity index (χ3v) is 4.83. The molecule has 0 saturated carbocycles. The van der Waals surface area contributed by atoms with Crippen LogP contribution >= 0.6 is 11.3 Å². The number of thiophene rings is 1. The molecule has 21 heavy (non-hydrogen) atoms. The van der Waals surface area contributed by atoms with E-state index >= 15 is 0 Å². The summed E-state index contributed by atoms with van der Waals surface area (Å²) in [7, 11) is 0. The van der Waals surface area contributed by atoms with Crippen LogP contribution in [0.4, 0.5) is 0 Å². The third-order valence-electron chi connectivity index (χ3n) is 3.83. The number of amides is 2. The lowest BCUT2D eigenvalue weighted by Gasteiger charge is -2.24. The Hall–Kier alpha value is -1.40. The smallest absolute Gasteiger partial charge is 0.239 e. The maximum absolute atomic E-state index is 12.0. The van der Waals surface area contributed by atoms with Crippen LogP contribution in [-0.2, 0) is 16.0 Å². The number of hydrogen-bond acceptors (Lipinski definition) is 4. The van der Waals surface area contributed by atoms with Gasteiger partial charge >= 0.3 is 0 Å². The first-order valence-corrected chi connectivity index (χ1v) is 8.26. The van der Waals surface area contributed by atoms with Crippen molar-refractivity contribution >= 4 is 23.2 Å². The molecule has 2 rings (SSSR count). The molecule has 5 nitrogen and oxygen atoms in total. The van der Waals surface area contributed by atoms with Gasteiger partial charge in [-0.2, -0.15) is 0 Å². The van der Waals surface area contributed by atoms with E-state index in [0.717, 1.165) is 19.3 Å². The van der Waals surface area contributed by atoms with Gasteiger partial charge in [0.15, 0.2) is 0 Å². The van der Waals surface area contributed by atoms with E-state index in [-0.39, 0.29) is 30.3 Å². The summed E-state index contributed by atoms with van der Waals surface area (Å²) in [6.07, 6.45) is 3.14. The zero-order valence-corrected chi connectivity index (χ0v) is 13.3. The maximum atomic E-state index is 12.0. The number of hydrogen-bond donors (Lipinski definition) is 3. The van der Waals surface area contributed by atoms with Gasteiger partial charge in [0.25, 0.3) is 0 Å². The average Bonchev–Trinajstić information content (AvgIpc) is 2.93. The highest BCUT2D eigenvalue weighted by Gasteiger charge is 2.23. The molecule has 0 aliphatic heterocycles. The van der Waals surface area contributed by atoms with Gasteiger partial charge in [-0.05, 0) is 42.2 Å². The molecular formula is C15H23N3O2S. The first kappa shape index (κ1) is 16.0. The molecule has 1 aromatic rings. The molecule has 2 amide bonds. The normalized spacial score (nSPS) is 19.0. The van der Waals surface area contributed by atoms with Crippen molar-refractivity contribution in [3.63, 3.8) is 0 Å². The van der Waals surface area contributed by atoms with Crippen LogP contribution in [0.25, 0.3) is 0 Å². The molecule has 0 bridgehead atoms. The van der Waals surface area contributed by atoms with Crippen molar-refractivity contribution in [3.8, 4) is 0 Å². The molecule has 2 atom stereocenters. The molecule has 0 radical (unpaired) electrons. The van der Waals surface area contributed by atoms with Crippen LogP contribution < -0.4 is 16.4 Å². The third kappa shape index (κ3) is 4.04. The first-order valence-electron chi connectivity index (χ1n) is 7.38. The van der Waals surface area contributed by atoms with Gasteiger partial charge in [0, 0.05) is 4.88 Å². The Kier molecular flexibility index (Phi) is 5.36. The van der Waals surface area contributed by atoms with E-state index < -0.39 is 6.04 Å². The molecule has 0 aromatic carbocycles. The molecule has 1 aliphatic carbocycles. The highest BCUT2D eigenvalue weighted by molar-refractivity contribution is 7.10. The topological polar surface area (TPSA) is 84.2 Å². The molecule has 6 heteroatoms. The van der Waals surface area contributed by atoms with Gasteiger partial charge in [0.1, 0.15) is 0 Å². The van der Waals surface area contributed by atoms with Crippen LogP contribution in [0.15, 0.2) is 11.4 Å². The lowest BCUT2D eigenvalue weighted by Crippen LogP contribution is -2.47. The second-order valence-corrected chi connectivity index (χ2v) is 6.80. The summed E-state index contributed by atoms with van der Waals surface area (Å²) in [5.41, 5.74) is 6.96. The molecule has 1 aliphatic rings. The summed E-state index contributed by atoms with van der Waals surface area (Å²) in [5.74, 6) is -0.386. The molecule has 0 spiro atoms. The number of carbonyl (C=O) groups is 2. The fourth-order valence-electron chi connectivity index (χ4n) is 2.47. The summed E-state index contributed by atoms with van der Waals surface area (Å²) in [6, 6.07) is 1.58. The highest BCUT2D eigenvalue weighted by atomic mass is 32.1. The Morgan fingerprint density at radius 3 is 2.95 bits per heavy atom. The molecular weight excluding hydrogens is 286 g/mol. The van der Waals surface area contributed by atoms with Gasteiger partial charge in [-0.25, -0.2) is 0 Å². The number of nitrogens with one attached hydrogen (secondary N) is 2. The summed E-state index contributed by atoms with van der Waals surface area (Å²) < 4.78 is 0. The second kappa shape index (κ2) is 7.04. The molecule has 1 aromatic heterocycles. The lowest BCUT2D eigenvalue weighted by atomic mass is 9.94. The van der Waals surface area contributed by atoms with Crippen molar-refractivity contribution in [2.24, 2.45) is 11.7 Å². The van der Waals surface area contributed by atoms with E-state index in [1.165, 1.54) is 10.4 Å². The molecule has 0 fully saturated rings. The van der Waals surface area contributed by atoms with E-state index in [1.807, 2.05) is 13.8 Å². The minimum atomic E-state index is -0.573. The van der Waals surface area contributed by atoms with Crippen molar-refractivity contribution in [1.29, 1.82) is 0 Å². The Balaban J connectivity index is 1.82. The van der Waals surface area contributed by atoms with Gasteiger partial charge in [-0.15, -0.1) is 11.3 Å². The van der Waals surface area contributed by atoms with Gasteiger partial charge in [-0.3, -0.25) is 9.59 Å². The largest absolute Gasteiger partial charge is 0.348 e. The number of nitrogens with two attached hydrogens (primary N) is 1. The van der Waals surface area contributed by atoms with Crippen LogP contribution in [0.3, 0.4) is 0 Å². The second-order valence-electron chi connectivity index (χ2n) is 5.80. The average molecular weight is 309 g/mol. The summed E-state index contributed by atoms with van der Waals surface area (Å²) in [5, 5.41) is 7.66. The van der Waals surface area contributed by atoms with Gasteiger partial charge in [-0.1, -0.05) is 13.8 Å². The maximum Gasteiger partial charge on any atom is 0.239 e. The number of carbonyl (C=O) groups excluding carboxylic acids is 2. The van der Waals surface area contributed by atoms with E-state index in [4.69, 9.17) is 5.73 Å². The summed E-state index contributed by atoms with van der Waals surface area (Å²) >= 11 is 1.74. The van der Waals surface area contributed by atoms with Crippen molar-refractivity contribution in [3.05, 3.63) is 21.9 Å². The first-order chi connectivity index (χ1) is 9.99. The van der Waals surface area contributed by atoms with Crippen molar-refractivity contribution in [1.82, 2.24) is 10.6 Å². The Morgan fingerprint density at radius 2 is 2.24 bits per heavy atom. The Labute approximate surface area is 129 Å². The van der Waals surface area contributed by atoms with Crippen LogP contribution in [0.5, 0.6) is 0 Å². The molecule has 0 saturated heterocycles. The zero-order chi connectivity index (χ0) is 15.4.